The monoisotopic (exact) mass is 316 g/mol. The van der Waals surface area contributed by atoms with Gasteiger partial charge in [-0.2, -0.15) is 0 Å². The van der Waals surface area contributed by atoms with Crippen molar-refractivity contribution in [2.45, 2.75) is 71.6 Å². The Bertz CT molecular complexity index is 594. The van der Waals surface area contributed by atoms with Crippen molar-refractivity contribution >= 4 is 5.57 Å². The first-order valence-corrected chi connectivity index (χ1v) is 8.82. The molecule has 2 heteroatoms. The van der Waals surface area contributed by atoms with Gasteiger partial charge in [0.15, 0.2) is 0 Å². The minimum atomic E-state index is 0.0605. The molecule has 1 N–H and O–H groups in total. The number of hydrogen-bond donors (Lipinski definition) is 1. The van der Waals surface area contributed by atoms with Gasteiger partial charge in [-0.25, -0.2) is 0 Å². The van der Waals surface area contributed by atoms with Gasteiger partial charge < -0.3 is 9.84 Å². The molecule has 0 amide bonds. The molecule has 2 nitrogen and oxygen atoms in total. The van der Waals surface area contributed by atoms with Crippen molar-refractivity contribution in [1.82, 2.24) is 0 Å². The quantitative estimate of drug-likeness (QED) is 0.807. The van der Waals surface area contributed by atoms with Crippen LogP contribution in [0.15, 0.2) is 18.2 Å². The summed E-state index contributed by atoms with van der Waals surface area (Å²) in [6, 6.07) is 4.57. The Morgan fingerprint density at radius 3 is 2.22 bits per heavy atom. The maximum atomic E-state index is 9.27. The van der Waals surface area contributed by atoms with Gasteiger partial charge in [-0.3, -0.25) is 0 Å². The summed E-state index contributed by atoms with van der Waals surface area (Å²) in [7, 11) is 0. The molecular formula is C21H32O2. The van der Waals surface area contributed by atoms with Crippen LogP contribution in [0.1, 0.15) is 77.5 Å². The Hall–Kier alpha value is -1.28. The van der Waals surface area contributed by atoms with E-state index in [4.69, 9.17) is 4.74 Å². The highest BCUT2D eigenvalue weighted by Gasteiger charge is 2.38. The lowest BCUT2D eigenvalue weighted by molar-refractivity contribution is 0.306. The standard InChI is InChI=1S/C21H32O2/c1-7-12-23-19-14-18-17(13-16(19)15(2)8-11-22)20(3,4)9-10-21(18,5)6/h8,13-14,22H,7,9-12H2,1-6H3. The fourth-order valence-corrected chi connectivity index (χ4v) is 3.48. The molecule has 1 aliphatic rings. The molecule has 128 valence electrons. The second-order valence-electron chi connectivity index (χ2n) is 8.08. The minimum absolute atomic E-state index is 0.0605. The van der Waals surface area contributed by atoms with Crippen molar-refractivity contribution < 1.29 is 9.84 Å². The van der Waals surface area contributed by atoms with E-state index in [1.54, 1.807) is 0 Å². The first kappa shape index (κ1) is 18.1. The second kappa shape index (κ2) is 6.68. The summed E-state index contributed by atoms with van der Waals surface area (Å²) in [6.45, 7) is 14.3. The molecule has 0 fully saturated rings. The predicted molar refractivity (Wildman–Crippen MR) is 98.3 cm³/mol. The second-order valence-corrected chi connectivity index (χ2v) is 8.08. The van der Waals surface area contributed by atoms with Crippen molar-refractivity contribution in [2.24, 2.45) is 0 Å². The molecule has 0 unspecified atom stereocenters. The highest BCUT2D eigenvalue weighted by molar-refractivity contribution is 5.71. The van der Waals surface area contributed by atoms with Crippen LogP contribution in [0.4, 0.5) is 0 Å². The number of fused-ring (bicyclic) bond motifs is 1. The number of allylic oxidation sites excluding steroid dienone is 1. The first-order chi connectivity index (χ1) is 10.7. The Morgan fingerprint density at radius 2 is 1.70 bits per heavy atom. The van der Waals surface area contributed by atoms with Crippen LogP contribution in [0.3, 0.4) is 0 Å². The Balaban J connectivity index is 2.65. The molecule has 23 heavy (non-hydrogen) atoms. The van der Waals surface area contributed by atoms with E-state index in [2.05, 4.69) is 53.7 Å². The molecule has 0 heterocycles. The van der Waals surface area contributed by atoms with Crippen LogP contribution in [0.25, 0.3) is 5.57 Å². The lowest BCUT2D eigenvalue weighted by Gasteiger charge is -2.42. The zero-order valence-corrected chi connectivity index (χ0v) is 15.6. The maximum absolute atomic E-state index is 9.27. The van der Waals surface area contributed by atoms with Gasteiger partial charge in [0.05, 0.1) is 13.2 Å². The fraction of sp³-hybridized carbons (Fsp3) is 0.619. The topological polar surface area (TPSA) is 29.5 Å². The van der Waals surface area contributed by atoms with E-state index in [0.29, 0.717) is 0 Å². The Kier molecular flexibility index (Phi) is 5.25. The van der Waals surface area contributed by atoms with Crippen LogP contribution in [0.2, 0.25) is 0 Å². The van der Waals surface area contributed by atoms with Gasteiger partial charge in [-0.15, -0.1) is 0 Å². The van der Waals surface area contributed by atoms with Gasteiger partial charge >= 0.3 is 0 Å². The summed E-state index contributed by atoms with van der Waals surface area (Å²) in [6.07, 6.45) is 5.26. The molecule has 0 atom stereocenters. The maximum Gasteiger partial charge on any atom is 0.127 e. The number of benzene rings is 1. The van der Waals surface area contributed by atoms with E-state index < -0.39 is 0 Å². The number of rotatable bonds is 5. The highest BCUT2D eigenvalue weighted by Crippen LogP contribution is 2.48. The molecule has 0 bridgehead atoms. The summed E-state index contributed by atoms with van der Waals surface area (Å²) < 4.78 is 6.06. The van der Waals surface area contributed by atoms with Crippen LogP contribution >= 0.6 is 0 Å². The lowest BCUT2D eigenvalue weighted by Crippen LogP contribution is -2.34. The van der Waals surface area contributed by atoms with Crippen molar-refractivity contribution in [3.63, 3.8) is 0 Å². The van der Waals surface area contributed by atoms with Crippen LogP contribution in [-0.4, -0.2) is 18.3 Å². The molecule has 0 spiro atoms. The molecule has 1 aliphatic carbocycles. The number of hydrogen-bond acceptors (Lipinski definition) is 2. The van der Waals surface area contributed by atoms with Crippen LogP contribution in [0.5, 0.6) is 5.75 Å². The van der Waals surface area contributed by atoms with Gasteiger partial charge in [-0.1, -0.05) is 40.7 Å². The molecule has 1 aromatic rings. The Labute approximate surface area is 141 Å². The van der Waals surface area contributed by atoms with Crippen molar-refractivity contribution in [1.29, 1.82) is 0 Å². The number of aliphatic hydroxyl groups excluding tert-OH is 1. The van der Waals surface area contributed by atoms with E-state index in [0.717, 1.165) is 29.9 Å². The Morgan fingerprint density at radius 1 is 1.13 bits per heavy atom. The van der Waals surface area contributed by atoms with E-state index >= 15 is 0 Å². The van der Waals surface area contributed by atoms with Crippen molar-refractivity contribution in [3.05, 3.63) is 34.9 Å². The van der Waals surface area contributed by atoms with E-state index in [1.165, 1.54) is 24.0 Å². The molecule has 2 rings (SSSR count). The van der Waals surface area contributed by atoms with Crippen molar-refractivity contribution in [2.75, 3.05) is 13.2 Å². The third-order valence-electron chi connectivity index (χ3n) is 5.24. The van der Waals surface area contributed by atoms with Gasteiger partial charge in [0.1, 0.15) is 5.75 Å². The molecule has 0 aliphatic heterocycles. The van der Waals surface area contributed by atoms with Gasteiger partial charge in [-0.05, 0) is 65.8 Å². The largest absolute Gasteiger partial charge is 0.493 e. The van der Waals surface area contributed by atoms with Crippen LogP contribution in [0, 0.1) is 0 Å². The summed E-state index contributed by atoms with van der Waals surface area (Å²) in [5, 5.41) is 9.27. The summed E-state index contributed by atoms with van der Waals surface area (Å²) in [5.74, 6) is 0.957. The smallest absolute Gasteiger partial charge is 0.127 e. The summed E-state index contributed by atoms with van der Waals surface area (Å²) >= 11 is 0. The fourth-order valence-electron chi connectivity index (χ4n) is 3.48. The van der Waals surface area contributed by atoms with Gasteiger partial charge in [0.25, 0.3) is 0 Å². The SMILES string of the molecule is CCCOc1cc2c(cc1C(C)=CCO)C(C)(C)CCC2(C)C. The minimum Gasteiger partial charge on any atom is -0.493 e. The van der Waals surface area contributed by atoms with E-state index in [1.807, 2.05) is 6.08 Å². The average molecular weight is 316 g/mol. The molecule has 1 aromatic carbocycles. The van der Waals surface area contributed by atoms with Crippen LogP contribution < -0.4 is 4.74 Å². The lowest BCUT2D eigenvalue weighted by atomic mass is 9.62. The predicted octanol–water partition coefficient (Wildman–Crippen LogP) is 5.22. The zero-order chi connectivity index (χ0) is 17.3. The molecule has 0 saturated heterocycles. The highest BCUT2D eigenvalue weighted by atomic mass is 16.5. The summed E-state index contributed by atoms with van der Waals surface area (Å²) in [5.41, 5.74) is 5.42. The van der Waals surface area contributed by atoms with Gasteiger partial charge in [0, 0.05) is 5.56 Å². The van der Waals surface area contributed by atoms with E-state index in [-0.39, 0.29) is 17.4 Å². The number of aliphatic hydroxyl groups is 1. The molecule has 0 aromatic heterocycles. The number of ether oxygens (including phenoxy) is 1. The normalized spacial score (nSPS) is 19.3. The van der Waals surface area contributed by atoms with Crippen molar-refractivity contribution in [3.8, 4) is 5.75 Å². The first-order valence-electron chi connectivity index (χ1n) is 8.82. The van der Waals surface area contributed by atoms with Crippen LogP contribution in [-0.2, 0) is 10.8 Å². The molecule has 0 saturated carbocycles. The third-order valence-corrected chi connectivity index (χ3v) is 5.24. The third kappa shape index (κ3) is 3.63. The summed E-state index contributed by atoms with van der Waals surface area (Å²) in [4.78, 5) is 0. The zero-order valence-electron chi connectivity index (χ0n) is 15.6. The molecule has 0 radical (unpaired) electrons. The average Bonchev–Trinajstić information content (AvgIpc) is 2.49. The molecular weight excluding hydrogens is 284 g/mol. The van der Waals surface area contributed by atoms with E-state index in [9.17, 15) is 5.11 Å². The van der Waals surface area contributed by atoms with Gasteiger partial charge in [0.2, 0.25) is 0 Å².